The number of carbonyl (C=O) groups is 2. The number of amides is 2. The highest BCUT2D eigenvalue weighted by Gasteiger charge is 2.28. The van der Waals surface area contributed by atoms with Gasteiger partial charge < -0.3 is 24.9 Å². The molecule has 6 rings (SSSR count). The fourth-order valence-corrected chi connectivity index (χ4v) is 6.90. The lowest BCUT2D eigenvalue weighted by molar-refractivity contribution is 0.100. The average Bonchev–Trinajstić information content (AvgIpc) is 3.54. The highest BCUT2D eigenvalue weighted by molar-refractivity contribution is 6.36. The van der Waals surface area contributed by atoms with E-state index >= 15 is 0 Å². The van der Waals surface area contributed by atoms with Crippen LogP contribution in [0.15, 0.2) is 30.6 Å². The van der Waals surface area contributed by atoms with E-state index in [1.165, 1.54) is 0 Å². The first kappa shape index (κ1) is 32.8. The molecule has 0 saturated carbocycles. The number of halogens is 1. The minimum absolute atomic E-state index is 0.314. The second-order valence-corrected chi connectivity index (χ2v) is 13.2. The van der Waals surface area contributed by atoms with Gasteiger partial charge in [-0.2, -0.15) is 0 Å². The number of carbonyl (C=O) groups excluding carboxylic acids is 2. The Morgan fingerprint density at radius 2 is 1.51 bits per heavy atom. The molecule has 0 spiro atoms. The summed E-state index contributed by atoms with van der Waals surface area (Å²) in [4.78, 5) is 45.2. The van der Waals surface area contributed by atoms with E-state index in [-0.39, 0.29) is 11.8 Å². The molecule has 2 aliphatic heterocycles. The molecule has 12 nitrogen and oxygen atoms in total. The topological polar surface area (TPSA) is 133 Å². The molecule has 3 aromatic heterocycles. The van der Waals surface area contributed by atoms with Gasteiger partial charge in [-0.3, -0.25) is 24.4 Å². The number of anilines is 2. The molecule has 2 amide bonds. The van der Waals surface area contributed by atoms with E-state index in [0.717, 1.165) is 59.8 Å². The van der Waals surface area contributed by atoms with Crippen LogP contribution < -0.4 is 10.6 Å². The molecule has 13 heteroatoms. The number of aliphatic hydroxyl groups excluding tert-OH is 1. The Bertz CT molecular complexity index is 1840. The third kappa shape index (κ3) is 6.42. The molecule has 4 aromatic rings. The number of β-amino-alcohol motifs (C(OH)–C–C–N with tert-alkyl or cyclic N) is 1. The monoisotopic (exact) mass is 659 g/mol. The molecule has 3 N–H and O–H groups in total. The summed E-state index contributed by atoms with van der Waals surface area (Å²) in [6.07, 6.45) is 4.46. The van der Waals surface area contributed by atoms with Gasteiger partial charge in [-0.1, -0.05) is 23.7 Å². The Morgan fingerprint density at radius 1 is 0.894 bits per heavy atom. The van der Waals surface area contributed by atoms with Gasteiger partial charge in [-0.15, -0.1) is 0 Å². The van der Waals surface area contributed by atoms with Crippen LogP contribution in [0.3, 0.4) is 0 Å². The van der Waals surface area contributed by atoms with Crippen molar-refractivity contribution < 1.29 is 14.7 Å². The first-order valence-electron chi connectivity index (χ1n) is 16.0. The molecule has 1 aromatic carbocycles. The van der Waals surface area contributed by atoms with Crippen LogP contribution in [0, 0.1) is 6.92 Å². The molecule has 1 atom stereocenters. The van der Waals surface area contributed by atoms with Gasteiger partial charge in [0.15, 0.2) is 11.6 Å². The molecule has 1 unspecified atom stereocenters. The zero-order valence-electron chi connectivity index (χ0n) is 27.8. The van der Waals surface area contributed by atoms with Crippen molar-refractivity contribution in [2.75, 3.05) is 30.3 Å². The van der Waals surface area contributed by atoms with Crippen molar-refractivity contribution in [3.05, 3.63) is 75.6 Å². The summed E-state index contributed by atoms with van der Waals surface area (Å²) >= 11 is 6.92. The second-order valence-electron chi connectivity index (χ2n) is 12.9. The fraction of sp³-hybridized carbons (Fsp3) is 0.441. The van der Waals surface area contributed by atoms with Gasteiger partial charge in [0, 0.05) is 94.4 Å². The molecule has 0 bridgehead atoms. The molecule has 0 aliphatic carbocycles. The van der Waals surface area contributed by atoms with Crippen molar-refractivity contribution in [1.82, 2.24) is 33.9 Å². The first-order valence-corrected chi connectivity index (χ1v) is 16.4. The Hall–Kier alpha value is -4.10. The number of fused-ring (bicyclic) bond motifs is 2. The average molecular weight is 660 g/mol. The molecule has 0 saturated heterocycles. The van der Waals surface area contributed by atoms with E-state index in [1.54, 1.807) is 25.4 Å². The number of hydrogen-bond acceptors (Lipinski definition) is 8. The number of hydrogen-bond donors (Lipinski definition) is 3. The number of nitrogens with zero attached hydrogens (tertiary/aromatic N) is 7. The molecule has 0 radical (unpaired) electrons. The molecule has 47 heavy (non-hydrogen) atoms. The smallest absolute Gasteiger partial charge is 0.291 e. The lowest BCUT2D eigenvalue weighted by Gasteiger charge is -2.29. The molecular weight excluding hydrogens is 618 g/mol. The minimum atomic E-state index is -0.432. The van der Waals surface area contributed by atoms with Crippen molar-refractivity contribution in [2.24, 2.45) is 14.1 Å². The van der Waals surface area contributed by atoms with E-state index in [9.17, 15) is 14.7 Å². The number of nitrogens with one attached hydrogen (secondary N) is 2. The maximum Gasteiger partial charge on any atom is 0.291 e. The van der Waals surface area contributed by atoms with Gasteiger partial charge in [0.05, 0.1) is 40.1 Å². The molecular formula is C34H42ClN9O3. The van der Waals surface area contributed by atoms with Gasteiger partial charge in [-0.05, 0) is 39.3 Å². The number of aromatic nitrogens is 5. The SMILES string of the molecule is Cc1c(NC(=O)c2nc3c(n2C)CCN(CC(C)O)C3)cncc1-c1cccc(NC(=O)c2nc3c(n2C)CCN(C(C)C)C3)c1Cl. The summed E-state index contributed by atoms with van der Waals surface area (Å²) in [7, 11) is 3.73. The predicted octanol–water partition coefficient (Wildman–Crippen LogP) is 4.19. The van der Waals surface area contributed by atoms with Crippen LogP contribution in [-0.4, -0.2) is 82.6 Å². The van der Waals surface area contributed by atoms with Crippen LogP contribution in [-0.2, 0) is 40.0 Å². The highest BCUT2D eigenvalue weighted by atomic mass is 35.5. The van der Waals surface area contributed by atoms with Crippen LogP contribution in [0.5, 0.6) is 0 Å². The van der Waals surface area contributed by atoms with E-state index < -0.39 is 6.10 Å². The van der Waals surface area contributed by atoms with Crippen molar-refractivity contribution in [1.29, 1.82) is 0 Å². The van der Waals surface area contributed by atoms with Crippen LogP contribution in [0.4, 0.5) is 11.4 Å². The molecule has 2 aliphatic rings. The van der Waals surface area contributed by atoms with Crippen LogP contribution in [0.25, 0.3) is 11.1 Å². The van der Waals surface area contributed by atoms with Crippen molar-refractivity contribution in [3.63, 3.8) is 0 Å². The minimum Gasteiger partial charge on any atom is -0.392 e. The number of imidazole rings is 2. The number of rotatable bonds is 8. The first-order chi connectivity index (χ1) is 22.4. The lowest BCUT2D eigenvalue weighted by Crippen LogP contribution is -2.36. The normalized spacial score (nSPS) is 15.8. The van der Waals surface area contributed by atoms with Crippen molar-refractivity contribution in [3.8, 4) is 11.1 Å². The standard InChI is InChI=1S/C34H42ClN9O3/c1-19(2)44-13-11-29-27(18-44)38-31(42(29)6)33(46)39-24-9-7-8-22(30(24)35)23-14-36-15-25(21(23)4)40-34(47)32-37-26-17-43(16-20(3)45)12-10-28(26)41(32)5/h7-9,14-15,19-20,45H,10-13,16-18H2,1-6H3,(H,39,46)(H,40,47). The van der Waals surface area contributed by atoms with Gasteiger partial charge >= 0.3 is 0 Å². The third-order valence-electron chi connectivity index (χ3n) is 9.28. The van der Waals surface area contributed by atoms with E-state index in [1.807, 2.05) is 42.3 Å². The van der Waals surface area contributed by atoms with Crippen LogP contribution in [0.1, 0.15) is 70.3 Å². The molecule has 5 heterocycles. The van der Waals surface area contributed by atoms with Crippen molar-refractivity contribution in [2.45, 2.75) is 65.8 Å². The summed E-state index contributed by atoms with van der Waals surface area (Å²) in [6.45, 7) is 11.6. The second kappa shape index (κ2) is 13.2. The summed E-state index contributed by atoms with van der Waals surface area (Å²) in [5, 5.41) is 16.1. The number of aliphatic hydroxyl groups is 1. The predicted molar refractivity (Wildman–Crippen MR) is 182 cm³/mol. The third-order valence-corrected chi connectivity index (χ3v) is 9.69. The Labute approximate surface area is 279 Å². The van der Waals surface area contributed by atoms with E-state index in [4.69, 9.17) is 16.6 Å². The summed E-state index contributed by atoms with van der Waals surface area (Å²) in [6, 6.07) is 5.85. The zero-order valence-corrected chi connectivity index (χ0v) is 28.5. The Balaban J connectivity index is 1.21. The van der Waals surface area contributed by atoms with E-state index in [2.05, 4.69) is 44.2 Å². The summed E-state index contributed by atoms with van der Waals surface area (Å²) in [5.74, 6) is -0.0161. The molecule has 248 valence electrons. The van der Waals surface area contributed by atoms with Gasteiger partial charge in [0.1, 0.15) is 0 Å². The zero-order chi connectivity index (χ0) is 33.6. The number of pyridine rings is 1. The highest BCUT2D eigenvalue weighted by Crippen LogP contribution is 2.37. The Morgan fingerprint density at radius 3 is 2.15 bits per heavy atom. The van der Waals surface area contributed by atoms with Crippen LogP contribution in [0.2, 0.25) is 5.02 Å². The van der Waals surface area contributed by atoms with Gasteiger partial charge in [-0.25, -0.2) is 9.97 Å². The maximum atomic E-state index is 13.5. The summed E-state index contributed by atoms with van der Waals surface area (Å²) in [5.41, 5.74) is 7.03. The fourth-order valence-electron chi connectivity index (χ4n) is 6.62. The van der Waals surface area contributed by atoms with E-state index in [0.29, 0.717) is 59.3 Å². The number of benzene rings is 1. The van der Waals surface area contributed by atoms with Gasteiger partial charge in [0.25, 0.3) is 11.8 Å². The van der Waals surface area contributed by atoms with Crippen LogP contribution >= 0.6 is 11.6 Å². The molecule has 0 fully saturated rings. The Kier molecular flexibility index (Phi) is 9.21. The van der Waals surface area contributed by atoms with Crippen molar-refractivity contribution >= 4 is 34.8 Å². The summed E-state index contributed by atoms with van der Waals surface area (Å²) < 4.78 is 3.72. The lowest BCUT2D eigenvalue weighted by atomic mass is 10.0. The largest absolute Gasteiger partial charge is 0.392 e. The quantitative estimate of drug-likeness (QED) is 0.257. The van der Waals surface area contributed by atoms with Gasteiger partial charge in [0.2, 0.25) is 0 Å². The maximum absolute atomic E-state index is 13.5.